The molecule has 1 aliphatic rings. The van der Waals surface area contributed by atoms with Crippen LogP contribution in [0.1, 0.15) is 10.4 Å². The fourth-order valence-electron chi connectivity index (χ4n) is 1.76. The quantitative estimate of drug-likeness (QED) is 0.815. The van der Waals surface area contributed by atoms with E-state index in [1.165, 1.54) is 17.3 Å². The maximum Gasteiger partial charge on any atom is 0.264 e. The molecule has 0 bridgehead atoms. The summed E-state index contributed by atoms with van der Waals surface area (Å²) >= 11 is 8.81. The van der Waals surface area contributed by atoms with Crippen molar-refractivity contribution in [2.45, 2.75) is 6.92 Å². The molecule has 0 aliphatic carbocycles. The lowest BCUT2D eigenvalue weighted by atomic mass is 10.3. The molecule has 1 aromatic carbocycles. The van der Waals surface area contributed by atoms with Crippen molar-refractivity contribution in [3.63, 3.8) is 0 Å². The molecule has 0 radical (unpaired) electrons. The molecular formula is C15H11ClN2OS2. The number of hydrogen-bond acceptors (Lipinski definition) is 4. The van der Waals surface area contributed by atoms with Crippen LogP contribution in [0.25, 0.3) is 6.08 Å². The van der Waals surface area contributed by atoms with Crippen LogP contribution in [0.5, 0.6) is 0 Å². The van der Waals surface area contributed by atoms with Gasteiger partial charge in [-0.2, -0.15) is 0 Å². The molecule has 21 heavy (non-hydrogen) atoms. The van der Waals surface area contributed by atoms with Crippen molar-refractivity contribution in [2.24, 2.45) is 4.99 Å². The van der Waals surface area contributed by atoms with E-state index in [1.54, 1.807) is 23.5 Å². The molecule has 3 rings (SSSR count). The summed E-state index contributed by atoms with van der Waals surface area (Å²) < 4.78 is 0. The van der Waals surface area contributed by atoms with Crippen LogP contribution in [0.2, 0.25) is 5.02 Å². The summed E-state index contributed by atoms with van der Waals surface area (Å²) in [6.45, 7) is 2.03. The van der Waals surface area contributed by atoms with E-state index in [0.29, 0.717) is 15.1 Å². The van der Waals surface area contributed by atoms with Gasteiger partial charge in [0.15, 0.2) is 5.17 Å². The van der Waals surface area contributed by atoms with Crippen molar-refractivity contribution < 1.29 is 4.79 Å². The Hall–Kier alpha value is -1.56. The molecular weight excluding hydrogens is 324 g/mol. The number of amidine groups is 1. The maximum atomic E-state index is 12.0. The van der Waals surface area contributed by atoms with Gasteiger partial charge in [0, 0.05) is 9.90 Å². The minimum absolute atomic E-state index is 0.111. The molecule has 2 heterocycles. The van der Waals surface area contributed by atoms with Crippen LogP contribution in [0.3, 0.4) is 0 Å². The van der Waals surface area contributed by atoms with Crippen molar-refractivity contribution in [3.05, 3.63) is 56.1 Å². The van der Waals surface area contributed by atoms with Crippen molar-refractivity contribution in [1.82, 2.24) is 5.32 Å². The van der Waals surface area contributed by atoms with Crippen LogP contribution >= 0.6 is 34.7 Å². The number of carbonyl (C=O) groups excluding carboxylic acids is 1. The summed E-state index contributed by atoms with van der Waals surface area (Å²) in [5.41, 5.74) is 1.93. The van der Waals surface area contributed by atoms with Crippen LogP contribution < -0.4 is 5.32 Å². The van der Waals surface area contributed by atoms with Crippen LogP contribution in [0, 0.1) is 6.92 Å². The number of aliphatic imine (C=N–C) groups is 1. The molecule has 0 atom stereocenters. The average molecular weight is 335 g/mol. The fourth-order valence-corrected chi connectivity index (χ4v) is 3.65. The van der Waals surface area contributed by atoms with E-state index in [0.717, 1.165) is 10.6 Å². The fraction of sp³-hybridized carbons (Fsp3) is 0.0667. The molecule has 106 valence electrons. The van der Waals surface area contributed by atoms with Crippen LogP contribution in [0.4, 0.5) is 5.69 Å². The van der Waals surface area contributed by atoms with E-state index in [9.17, 15) is 4.79 Å². The molecule has 0 spiro atoms. The molecule has 3 nitrogen and oxygen atoms in total. The number of nitrogens with zero attached hydrogens (tertiary/aromatic N) is 1. The Morgan fingerprint density at radius 3 is 2.67 bits per heavy atom. The number of rotatable bonds is 2. The lowest BCUT2D eigenvalue weighted by Gasteiger charge is -1.96. The molecule has 2 aromatic rings. The minimum atomic E-state index is -0.111. The molecule has 1 N–H and O–H groups in total. The zero-order valence-electron chi connectivity index (χ0n) is 11.1. The summed E-state index contributed by atoms with van der Waals surface area (Å²) in [4.78, 5) is 18.1. The average Bonchev–Trinajstić information content (AvgIpc) is 3.00. The zero-order chi connectivity index (χ0) is 14.8. The van der Waals surface area contributed by atoms with Gasteiger partial charge in [-0.15, -0.1) is 11.3 Å². The van der Waals surface area contributed by atoms with Gasteiger partial charge in [0.1, 0.15) is 0 Å². The maximum absolute atomic E-state index is 12.0. The predicted molar refractivity (Wildman–Crippen MR) is 91.3 cm³/mol. The van der Waals surface area contributed by atoms with Crippen molar-refractivity contribution in [1.29, 1.82) is 0 Å². The van der Waals surface area contributed by atoms with Gasteiger partial charge in [0.25, 0.3) is 5.91 Å². The highest BCUT2D eigenvalue weighted by Crippen LogP contribution is 2.30. The number of thiophene rings is 1. The lowest BCUT2D eigenvalue weighted by molar-refractivity contribution is -0.115. The first-order valence-corrected chi connectivity index (χ1v) is 8.28. The van der Waals surface area contributed by atoms with Gasteiger partial charge in [-0.3, -0.25) is 4.79 Å². The van der Waals surface area contributed by atoms with Gasteiger partial charge >= 0.3 is 0 Å². The van der Waals surface area contributed by atoms with Gasteiger partial charge < -0.3 is 5.32 Å². The Kier molecular flexibility index (Phi) is 4.14. The van der Waals surface area contributed by atoms with Gasteiger partial charge in [0.2, 0.25) is 0 Å². The van der Waals surface area contributed by atoms with E-state index < -0.39 is 0 Å². The first kappa shape index (κ1) is 14.4. The van der Waals surface area contributed by atoms with Crippen LogP contribution in [0.15, 0.2) is 45.6 Å². The summed E-state index contributed by atoms with van der Waals surface area (Å²) in [5, 5.41) is 6.04. The topological polar surface area (TPSA) is 41.5 Å². The molecule has 1 aliphatic heterocycles. The molecule has 1 saturated heterocycles. The van der Waals surface area contributed by atoms with Gasteiger partial charge in [-0.1, -0.05) is 11.6 Å². The minimum Gasteiger partial charge on any atom is -0.300 e. The van der Waals surface area contributed by atoms with E-state index in [-0.39, 0.29) is 5.91 Å². The molecule has 1 aromatic heterocycles. The number of hydrogen-bond donors (Lipinski definition) is 1. The molecule has 0 saturated carbocycles. The molecule has 1 fully saturated rings. The Labute approximate surface area is 135 Å². The summed E-state index contributed by atoms with van der Waals surface area (Å²) in [5.74, 6) is -0.111. The highest BCUT2D eigenvalue weighted by atomic mass is 35.5. The molecule has 6 heteroatoms. The zero-order valence-corrected chi connectivity index (χ0v) is 13.5. The SMILES string of the molecule is Cc1ccsc1C=C1SC(=Nc2ccc(Cl)cc2)NC1=O. The van der Waals surface area contributed by atoms with E-state index >= 15 is 0 Å². The summed E-state index contributed by atoms with van der Waals surface area (Å²) in [6.07, 6.45) is 1.91. The smallest absolute Gasteiger partial charge is 0.264 e. The van der Waals surface area contributed by atoms with Crippen molar-refractivity contribution in [3.8, 4) is 0 Å². The second kappa shape index (κ2) is 6.05. The molecule has 1 amide bonds. The van der Waals surface area contributed by atoms with Crippen molar-refractivity contribution >= 4 is 57.5 Å². The third-order valence-electron chi connectivity index (χ3n) is 2.87. The monoisotopic (exact) mass is 334 g/mol. The second-order valence-electron chi connectivity index (χ2n) is 4.43. The highest BCUT2D eigenvalue weighted by molar-refractivity contribution is 8.18. The van der Waals surface area contributed by atoms with Gasteiger partial charge in [-0.05, 0) is 66.0 Å². The third kappa shape index (κ3) is 3.37. The van der Waals surface area contributed by atoms with Crippen molar-refractivity contribution in [2.75, 3.05) is 0 Å². The third-order valence-corrected chi connectivity index (χ3v) is 5.00. The normalized spacial score (nSPS) is 18.5. The van der Waals surface area contributed by atoms with Gasteiger partial charge in [0.05, 0.1) is 10.6 Å². The Balaban J connectivity index is 1.83. The standard InChI is InChI=1S/C15H11ClN2OS2/c1-9-6-7-20-12(9)8-13-14(19)18-15(21-13)17-11-4-2-10(16)3-5-11/h2-8H,1H3,(H,17,18,19). The number of carbonyl (C=O) groups is 1. The van der Waals surface area contributed by atoms with E-state index in [1.807, 2.05) is 36.6 Å². The Morgan fingerprint density at radius 2 is 2.00 bits per heavy atom. The number of thioether (sulfide) groups is 1. The number of halogens is 1. The lowest BCUT2D eigenvalue weighted by Crippen LogP contribution is -2.19. The number of benzene rings is 1. The first-order valence-electron chi connectivity index (χ1n) is 6.21. The van der Waals surface area contributed by atoms with Gasteiger partial charge in [-0.25, -0.2) is 4.99 Å². The van der Waals surface area contributed by atoms with E-state index in [4.69, 9.17) is 11.6 Å². The summed E-state index contributed by atoms with van der Waals surface area (Å²) in [6, 6.07) is 9.21. The van der Waals surface area contributed by atoms with Crippen LogP contribution in [-0.2, 0) is 4.79 Å². The molecule has 0 unspecified atom stereocenters. The number of nitrogens with one attached hydrogen (secondary N) is 1. The number of amides is 1. The Morgan fingerprint density at radius 1 is 1.24 bits per heavy atom. The highest BCUT2D eigenvalue weighted by Gasteiger charge is 2.24. The van der Waals surface area contributed by atoms with E-state index in [2.05, 4.69) is 10.3 Å². The Bertz CT molecular complexity index is 747. The largest absolute Gasteiger partial charge is 0.300 e. The predicted octanol–water partition coefficient (Wildman–Crippen LogP) is 4.60. The van der Waals surface area contributed by atoms with Crippen LogP contribution in [-0.4, -0.2) is 11.1 Å². The summed E-state index contributed by atoms with van der Waals surface area (Å²) in [7, 11) is 0. The number of aryl methyl sites for hydroxylation is 1. The first-order chi connectivity index (χ1) is 10.1. The second-order valence-corrected chi connectivity index (χ2v) is 6.84.